The second-order valence-corrected chi connectivity index (χ2v) is 8.20. The maximum atomic E-state index is 13.5. The maximum absolute atomic E-state index is 13.5. The van der Waals surface area contributed by atoms with Crippen LogP contribution in [0.15, 0.2) is 40.8 Å². The molecule has 0 aliphatic carbocycles. The molecule has 1 amide bonds. The van der Waals surface area contributed by atoms with Gasteiger partial charge in [0, 0.05) is 34.8 Å². The molecule has 0 unspecified atom stereocenters. The van der Waals surface area contributed by atoms with Crippen LogP contribution in [0, 0.1) is 19.7 Å². The van der Waals surface area contributed by atoms with Crippen LogP contribution in [0.2, 0.25) is 0 Å². The number of halogens is 1. The molecule has 0 saturated heterocycles. The van der Waals surface area contributed by atoms with Gasteiger partial charge in [-0.3, -0.25) is 4.68 Å². The number of primary amides is 1. The standard InChI is InChI=1S/C25H24FN3O5/c1-12(2)32-19-11-18-20(10-17(19)21-13(3)28-29(5)14(21)4)33-23(15-6-8-16(26)9-7-15)22(18)24(30)34-25(27)31/h6-12H,1-5H3,(H2,27,31). The third kappa shape index (κ3) is 4.12. The van der Waals surface area contributed by atoms with Crippen LogP contribution in [0.1, 0.15) is 35.6 Å². The van der Waals surface area contributed by atoms with Crippen LogP contribution in [-0.2, 0) is 11.8 Å². The van der Waals surface area contributed by atoms with E-state index in [4.69, 9.17) is 14.9 Å². The zero-order valence-corrected chi connectivity index (χ0v) is 19.4. The van der Waals surface area contributed by atoms with Crippen molar-refractivity contribution in [1.82, 2.24) is 9.78 Å². The SMILES string of the molecule is Cc1nn(C)c(C)c1-c1cc2oc(-c3ccc(F)cc3)c(C(=O)OC(N)=O)c2cc1OC(C)C. The molecular weight excluding hydrogens is 441 g/mol. The van der Waals surface area contributed by atoms with Crippen molar-refractivity contribution in [3.63, 3.8) is 0 Å². The number of nitrogens with two attached hydrogens (primary N) is 1. The first-order chi connectivity index (χ1) is 16.1. The highest BCUT2D eigenvalue weighted by Gasteiger charge is 2.28. The molecule has 0 fully saturated rings. The predicted octanol–water partition coefficient (Wildman–Crippen LogP) is 5.28. The molecule has 0 atom stereocenters. The molecule has 0 spiro atoms. The van der Waals surface area contributed by atoms with E-state index in [-0.39, 0.29) is 17.4 Å². The largest absolute Gasteiger partial charge is 0.490 e. The van der Waals surface area contributed by atoms with Crippen molar-refractivity contribution in [2.24, 2.45) is 12.8 Å². The van der Waals surface area contributed by atoms with Crippen LogP contribution >= 0.6 is 0 Å². The Labute approximate surface area is 195 Å². The topological polar surface area (TPSA) is 110 Å². The smallest absolute Gasteiger partial charge is 0.412 e. The number of hydrogen-bond acceptors (Lipinski definition) is 6. The van der Waals surface area contributed by atoms with Crippen molar-refractivity contribution in [1.29, 1.82) is 0 Å². The van der Waals surface area contributed by atoms with Crippen LogP contribution in [0.3, 0.4) is 0 Å². The van der Waals surface area contributed by atoms with Crippen LogP contribution in [0.4, 0.5) is 9.18 Å². The third-order valence-corrected chi connectivity index (χ3v) is 5.44. The molecule has 2 aromatic carbocycles. The fourth-order valence-electron chi connectivity index (χ4n) is 3.98. The molecule has 34 heavy (non-hydrogen) atoms. The van der Waals surface area contributed by atoms with Crippen LogP contribution < -0.4 is 10.5 Å². The number of aryl methyl sites for hydroxylation is 2. The summed E-state index contributed by atoms with van der Waals surface area (Å²) >= 11 is 0. The zero-order chi connectivity index (χ0) is 24.7. The number of esters is 1. The Morgan fingerprint density at radius 3 is 2.38 bits per heavy atom. The number of ether oxygens (including phenoxy) is 2. The van der Waals surface area contributed by atoms with E-state index >= 15 is 0 Å². The molecule has 2 N–H and O–H groups in total. The van der Waals surface area contributed by atoms with Gasteiger partial charge in [-0.15, -0.1) is 0 Å². The number of fused-ring (bicyclic) bond motifs is 1. The number of furan rings is 1. The summed E-state index contributed by atoms with van der Waals surface area (Å²) in [5.74, 6) is -0.809. The molecule has 0 bridgehead atoms. The minimum absolute atomic E-state index is 0.0137. The van der Waals surface area contributed by atoms with E-state index in [1.54, 1.807) is 16.8 Å². The number of aromatic nitrogens is 2. The van der Waals surface area contributed by atoms with E-state index in [1.165, 1.54) is 24.3 Å². The Kier molecular flexibility index (Phi) is 5.87. The van der Waals surface area contributed by atoms with Gasteiger partial charge in [-0.1, -0.05) is 0 Å². The highest BCUT2D eigenvalue weighted by atomic mass is 19.1. The fraction of sp³-hybridized carbons (Fsp3) is 0.240. The number of carbonyl (C=O) groups is 2. The lowest BCUT2D eigenvalue weighted by Gasteiger charge is -2.15. The minimum Gasteiger partial charge on any atom is -0.490 e. The lowest BCUT2D eigenvalue weighted by Crippen LogP contribution is -2.18. The highest BCUT2D eigenvalue weighted by Crippen LogP contribution is 2.42. The summed E-state index contributed by atoms with van der Waals surface area (Å²) in [6, 6.07) is 8.86. The van der Waals surface area contributed by atoms with Gasteiger partial charge in [-0.25, -0.2) is 14.0 Å². The molecule has 8 nitrogen and oxygen atoms in total. The van der Waals surface area contributed by atoms with Gasteiger partial charge in [-0.2, -0.15) is 5.10 Å². The highest BCUT2D eigenvalue weighted by molar-refractivity contribution is 6.12. The lowest BCUT2D eigenvalue weighted by molar-refractivity contribution is 0.0640. The Morgan fingerprint density at radius 2 is 1.82 bits per heavy atom. The van der Waals surface area contributed by atoms with E-state index < -0.39 is 17.9 Å². The van der Waals surface area contributed by atoms with E-state index in [1.807, 2.05) is 34.7 Å². The molecule has 0 radical (unpaired) electrons. The molecule has 4 rings (SSSR count). The van der Waals surface area contributed by atoms with Crippen LogP contribution in [0.5, 0.6) is 5.75 Å². The molecule has 4 aromatic rings. The second-order valence-electron chi connectivity index (χ2n) is 8.20. The van der Waals surface area contributed by atoms with E-state index in [0.29, 0.717) is 22.3 Å². The van der Waals surface area contributed by atoms with Crippen molar-refractivity contribution in [3.8, 4) is 28.2 Å². The van der Waals surface area contributed by atoms with Crippen molar-refractivity contribution >= 4 is 23.0 Å². The number of hydrogen-bond donors (Lipinski definition) is 1. The molecule has 0 saturated carbocycles. The number of rotatable bonds is 5. The summed E-state index contributed by atoms with van der Waals surface area (Å²) in [4.78, 5) is 24.2. The normalized spacial score (nSPS) is 11.3. The molecular formula is C25H24FN3O5. The first-order valence-electron chi connectivity index (χ1n) is 10.6. The Morgan fingerprint density at radius 1 is 1.15 bits per heavy atom. The van der Waals surface area contributed by atoms with Crippen molar-refractivity contribution in [3.05, 3.63) is 59.2 Å². The van der Waals surface area contributed by atoms with Crippen molar-refractivity contribution in [2.75, 3.05) is 0 Å². The van der Waals surface area contributed by atoms with Gasteiger partial charge in [0.25, 0.3) is 0 Å². The average molecular weight is 465 g/mol. The number of amides is 1. The summed E-state index contributed by atoms with van der Waals surface area (Å²) in [7, 11) is 1.85. The summed E-state index contributed by atoms with van der Waals surface area (Å²) in [6.07, 6.45) is -1.42. The summed E-state index contributed by atoms with van der Waals surface area (Å²) in [5, 5.41) is 4.86. The number of nitrogens with zero attached hydrogens (tertiary/aromatic N) is 2. The summed E-state index contributed by atoms with van der Waals surface area (Å²) in [5.41, 5.74) is 9.18. The van der Waals surface area contributed by atoms with Gasteiger partial charge in [0.2, 0.25) is 0 Å². The molecule has 176 valence electrons. The first kappa shape index (κ1) is 23.0. The molecule has 0 aliphatic heterocycles. The second kappa shape index (κ2) is 8.66. The number of carbonyl (C=O) groups excluding carboxylic acids is 2. The Bertz CT molecular complexity index is 1420. The van der Waals surface area contributed by atoms with E-state index in [2.05, 4.69) is 9.84 Å². The molecule has 9 heteroatoms. The van der Waals surface area contributed by atoms with Crippen LogP contribution in [-0.4, -0.2) is 27.9 Å². The number of benzene rings is 2. The summed E-state index contributed by atoms with van der Waals surface area (Å²) in [6.45, 7) is 7.62. The van der Waals surface area contributed by atoms with Crippen molar-refractivity contribution < 1.29 is 27.9 Å². The predicted molar refractivity (Wildman–Crippen MR) is 124 cm³/mol. The van der Waals surface area contributed by atoms with Gasteiger partial charge < -0.3 is 19.6 Å². The molecule has 0 aliphatic rings. The van der Waals surface area contributed by atoms with Gasteiger partial charge in [-0.05, 0) is 64.1 Å². The Balaban J connectivity index is 2.04. The first-order valence-corrected chi connectivity index (χ1v) is 10.6. The molecule has 2 aromatic heterocycles. The van der Waals surface area contributed by atoms with Gasteiger partial charge in [0.1, 0.15) is 28.5 Å². The average Bonchev–Trinajstić information content (AvgIpc) is 3.23. The quantitative estimate of drug-likeness (QED) is 0.317. The lowest BCUT2D eigenvalue weighted by atomic mass is 9.99. The zero-order valence-electron chi connectivity index (χ0n) is 19.4. The monoisotopic (exact) mass is 465 g/mol. The van der Waals surface area contributed by atoms with Gasteiger partial charge in [0.05, 0.1) is 11.8 Å². The maximum Gasteiger partial charge on any atom is 0.412 e. The minimum atomic E-state index is -1.25. The van der Waals surface area contributed by atoms with Gasteiger partial charge in [0.15, 0.2) is 0 Å². The van der Waals surface area contributed by atoms with Crippen molar-refractivity contribution in [2.45, 2.75) is 33.8 Å². The van der Waals surface area contributed by atoms with E-state index in [9.17, 15) is 14.0 Å². The van der Waals surface area contributed by atoms with E-state index in [0.717, 1.165) is 22.5 Å². The van der Waals surface area contributed by atoms with Crippen LogP contribution in [0.25, 0.3) is 33.4 Å². The summed E-state index contributed by atoms with van der Waals surface area (Å²) < 4.78 is 32.2. The Hall–Kier alpha value is -4.14. The van der Waals surface area contributed by atoms with Gasteiger partial charge >= 0.3 is 12.1 Å². The molecule has 2 heterocycles. The fourth-order valence-corrected chi connectivity index (χ4v) is 3.98. The third-order valence-electron chi connectivity index (χ3n) is 5.44.